The summed E-state index contributed by atoms with van der Waals surface area (Å²) in [5.74, 6) is -0.0837. The first-order valence-corrected chi connectivity index (χ1v) is 6.66. The SMILES string of the molecule is O=C(O)C1CSCN1C(=O)NCCc1cnc[nH]1. The number of carboxylic acids is 1. The van der Waals surface area contributed by atoms with Crippen molar-refractivity contribution >= 4 is 23.8 Å². The van der Waals surface area contributed by atoms with Gasteiger partial charge in [0.25, 0.3) is 0 Å². The van der Waals surface area contributed by atoms with Crippen molar-refractivity contribution in [3.05, 3.63) is 18.2 Å². The maximum absolute atomic E-state index is 11.8. The Morgan fingerprint density at radius 2 is 2.50 bits per heavy atom. The third-order valence-electron chi connectivity index (χ3n) is 2.65. The van der Waals surface area contributed by atoms with Crippen molar-refractivity contribution in [1.29, 1.82) is 0 Å². The Balaban J connectivity index is 1.79. The van der Waals surface area contributed by atoms with Gasteiger partial charge in [0.05, 0.1) is 12.2 Å². The van der Waals surface area contributed by atoms with E-state index in [4.69, 9.17) is 5.11 Å². The van der Waals surface area contributed by atoms with Crippen LogP contribution >= 0.6 is 11.8 Å². The molecule has 7 nitrogen and oxygen atoms in total. The number of urea groups is 1. The van der Waals surface area contributed by atoms with E-state index in [0.29, 0.717) is 24.6 Å². The number of nitrogens with zero attached hydrogens (tertiary/aromatic N) is 2. The summed E-state index contributed by atoms with van der Waals surface area (Å²) in [4.78, 5) is 30.9. The van der Waals surface area contributed by atoms with E-state index in [1.54, 1.807) is 12.5 Å². The Hall–Kier alpha value is -1.70. The fraction of sp³-hybridized carbons (Fsp3) is 0.500. The van der Waals surface area contributed by atoms with Crippen molar-refractivity contribution < 1.29 is 14.7 Å². The van der Waals surface area contributed by atoms with Gasteiger partial charge in [0.1, 0.15) is 6.04 Å². The van der Waals surface area contributed by atoms with Crippen LogP contribution in [0.25, 0.3) is 0 Å². The molecule has 2 amide bonds. The highest BCUT2D eigenvalue weighted by Crippen LogP contribution is 2.20. The van der Waals surface area contributed by atoms with Crippen molar-refractivity contribution in [3.63, 3.8) is 0 Å². The predicted octanol–water partition coefficient (Wildman–Crippen LogP) is 0.121. The molecule has 2 heterocycles. The van der Waals surface area contributed by atoms with Gasteiger partial charge >= 0.3 is 12.0 Å². The maximum atomic E-state index is 11.8. The average Bonchev–Trinajstić information content (AvgIpc) is 2.99. The molecule has 98 valence electrons. The molecule has 1 aliphatic heterocycles. The van der Waals surface area contributed by atoms with Gasteiger partial charge in [-0.2, -0.15) is 0 Å². The van der Waals surface area contributed by atoms with E-state index in [2.05, 4.69) is 15.3 Å². The quantitative estimate of drug-likeness (QED) is 0.722. The molecule has 18 heavy (non-hydrogen) atoms. The summed E-state index contributed by atoms with van der Waals surface area (Å²) in [5.41, 5.74) is 0.931. The molecule has 8 heteroatoms. The number of hydrogen-bond acceptors (Lipinski definition) is 4. The third kappa shape index (κ3) is 2.95. The number of thioether (sulfide) groups is 1. The average molecular weight is 270 g/mol. The van der Waals surface area contributed by atoms with E-state index < -0.39 is 12.0 Å². The van der Waals surface area contributed by atoms with E-state index in [-0.39, 0.29) is 6.03 Å². The van der Waals surface area contributed by atoms with E-state index in [1.165, 1.54) is 16.7 Å². The minimum Gasteiger partial charge on any atom is -0.480 e. The lowest BCUT2D eigenvalue weighted by atomic mass is 10.3. The van der Waals surface area contributed by atoms with Gasteiger partial charge in [-0.3, -0.25) is 0 Å². The maximum Gasteiger partial charge on any atom is 0.327 e. The fourth-order valence-corrected chi connectivity index (χ4v) is 2.82. The zero-order valence-electron chi connectivity index (χ0n) is 9.63. The third-order valence-corrected chi connectivity index (χ3v) is 3.67. The first kappa shape index (κ1) is 12.7. The lowest BCUT2D eigenvalue weighted by molar-refractivity contribution is -0.140. The number of carbonyl (C=O) groups excluding carboxylic acids is 1. The standard InChI is InChI=1S/C10H14N4O3S/c15-9(16)8-4-18-6-14(8)10(17)12-2-1-7-3-11-5-13-7/h3,5,8H,1-2,4,6H2,(H,11,13)(H,12,17)(H,15,16). The van der Waals surface area contributed by atoms with Gasteiger partial charge in [0, 0.05) is 30.6 Å². The number of aromatic nitrogens is 2. The van der Waals surface area contributed by atoms with Gasteiger partial charge < -0.3 is 20.3 Å². The molecule has 1 fully saturated rings. The van der Waals surface area contributed by atoms with Gasteiger partial charge in [-0.25, -0.2) is 14.6 Å². The van der Waals surface area contributed by atoms with Gasteiger partial charge in [0.15, 0.2) is 0 Å². The minimum atomic E-state index is -0.955. The zero-order chi connectivity index (χ0) is 13.0. The van der Waals surface area contributed by atoms with E-state index in [1.807, 2.05) is 0 Å². The van der Waals surface area contributed by atoms with Crippen LogP contribution in [0.3, 0.4) is 0 Å². The summed E-state index contributed by atoms with van der Waals surface area (Å²) < 4.78 is 0. The number of aromatic amines is 1. The topological polar surface area (TPSA) is 98.3 Å². The molecule has 2 rings (SSSR count). The summed E-state index contributed by atoms with van der Waals surface area (Å²) in [7, 11) is 0. The van der Waals surface area contributed by atoms with Crippen LogP contribution in [-0.2, 0) is 11.2 Å². The van der Waals surface area contributed by atoms with Crippen molar-refractivity contribution in [3.8, 4) is 0 Å². The Morgan fingerprint density at radius 3 is 3.17 bits per heavy atom. The van der Waals surface area contributed by atoms with Gasteiger partial charge in [-0.1, -0.05) is 0 Å². The summed E-state index contributed by atoms with van der Waals surface area (Å²) in [6, 6.07) is -1.05. The zero-order valence-corrected chi connectivity index (χ0v) is 10.4. The second-order valence-corrected chi connectivity index (χ2v) is 4.88. The number of imidazole rings is 1. The summed E-state index contributed by atoms with van der Waals surface area (Å²) in [6.45, 7) is 0.453. The summed E-state index contributed by atoms with van der Waals surface area (Å²) in [6.07, 6.45) is 3.91. The van der Waals surface area contributed by atoms with Crippen LogP contribution in [0.15, 0.2) is 12.5 Å². The smallest absolute Gasteiger partial charge is 0.327 e. The highest BCUT2D eigenvalue weighted by molar-refractivity contribution is 7.99. The van der Waals surface area contributed by atoms with Crippen molar-refractivity contribution in [1.82, 2.24) is 20.2 Å². The number of hydrogen-bond donors (Lipinski definition) is 3. The number of carbonyl (C=O) groups is 2. The number of rotatable bonds is 4. The van der Waals surface area contributed by atoms with Gasteiger partial charge in [-0.15, -0.1) is 11.8 Å². The second kappa shape index (κ2) is 5.76. The normalized spacial score (nSPS) is 18.9. The molecule has 3 N–H and O–H groups in total. The molecular weight excluding hydrogens is 256 g/mol. The van der Waals surface area contributed by atoms with E-state index in [0.717, 1.165) is 5.69 Å². The fourth-order valence-electron chi connectivity index (χ4n) is 1.67. The molecule has 0 spiro atoms. The Labute approximate surface area is 108 Å². The number of H-pyrrole nitrogens is 1. The Bertz CT molecular complexity index is 423. The summed E-state index contributed by atoms with van der Waals surface area (Å²) in [5, 5.41) is 11.7. The number of carboxylic acid groups (broad SMARTS) is 1. The van der Waals surface area contributed by atoms with Crippen molar-refractivity contribution in [2.75, 3.05) is 18.2 Å². The van der Waals surface area contributed by atoms with Crippen LogP contribution in [0.2, 0.25) is 0 Å². The van der Waals surface area contributed by atoms with Crippen LogP contribution in [-0.4, -0.2) is 56.2 Å². The molecule has 0 bridgehead atoms. The van der Waals surface area contributed by atoms with Crippen LogP contribution in [0.5, 0.6) is 0 Å². The lowest BCUT2D eigenvalue weighted by Gasteiger charge is -2.20. The lowest BCUT2D eigenvalue weighted by Crippen LogP contribution is -2.47. The summed E-state index contributed by atoms with van der Waals surface area (Å²) >= 11 is 1.45. The van der Waals surface area contributed by atoms with Crippen molar-refractivity contribution in [2.45, 2.75) is 12.5 Å². The molecule has 1 atom stereocenters. The minimum absolute atomic E-state index is 0.327. The molecule has 0 aliphatic carbocycles. The van der Waals surface area contributed by atoms with Crippen LogP contribution in [0.4, 0.5) is 4.79 Å². The first-order valence-electron chi connectivity index (χ1n) is 5.51. The van der Waals surface area contributed by atoms with Crippen LogP contribution < -0.4 is 5.32 Å². The molecule has 1 saturated heterocycles. The van der Waals surface area contributed by atoms with Crippen molar-refractivity contribution in [2.24, 2.45) is 0 Å². The molecule has 0 radical (unpaired) electrons. The molecule has 1 aliphatic rings. The molecule has 0 saturated carbocycles. The molecule has 1 aromatic heterocycles. The highest BCUT2D eigenvalue weighted by Gasteiger charge is 2.34. The predicted molar refractivity (Wildman–Crippen MR) is 66.3 cm³/mol. The first-order chi connectivity index (χ1) is 8.68. The van der Waals surface area contributed by atoms with Gasteiger partial charge in [-0.05, 0) is 0 Å². The number of amides is 2. The van der Waals surface area contributed by atoms with Crippen LogP contribution in [0, 0.1) is 0 Å². The molecule has 1 aromatic rings. The Morgan fingerprint density at radius 1 is 1.67 bits per heavy atom. The number of aliphatic carboxylic acids is 1. The monoisotopic (exact) mass is 270 g/mol. The largest absolute Gasteiger partial charge is 0.480 e. The van der Waals surface area contributed by atoms with E-state index in [9.17, 15) is 9.59 Å². The van der Waals surface area contributed by atoms with Gasteiger partial charge in [0.2, 0.25) is 0 Å². The van der Waals surface area contributed by atoms with Crippen LogP contribution in [0.1, 0.15) is 5.69 Å². The second-order valence-electron chi connectivity index (χ2n) is 3.88. The Kier molecular flexibility index (Phi) is 4.08. The highest BCUT2D eigenvalue weighted by atomic mass is 32.2. The van der Waals surface area contributed by atoms with E-state index >= 15 is 0 Å². The number of nitrogens with one attached hydrogen (secondary N) is 2. The molecule has 0 aromatic carbocycles. The molecule has 1 unspecified atom stereocenters. The molecular formula is C10H14N4O3S.